The second-order valence-electron chi connectivity index (χ2n) is 5.03. The van der Waals surface area contributed by atoms with Gasteiger partial charge in [0.15, 0.2) is 0 Å². The molecule has 3 nitrogen and oxygen atoms in total. The van der Waals surface area contributed by atoms with E-state index in [1.165, 1.54) is 0 Å². The van der Waals surface area contributed by atoms with Crippen LogP contribution in [0, 0.1) is 0 Å². The molecule has 0 bridgehead atoms. The van der Waals surface area contributed by atoms with Crippen molar-refractivity contribution in [2.75, 3.05) is 0 Å². The van der Waals surface area contributed by atoms with E-state index in [9.17, 15) is 0 Å². The Morgan fingerprint density at radius 1 is 1.32 bits per heavy atom. The maximum Gasteiger partial charge on any atom is 0.147 e. The van der Waals surface area contributed by atoms with Gasteiger partial charge in [0.1, 0.15) is 17.1 Å². The van der Waals surface area contributed by atoms with E-state index < -0.39 is 0 Å². The Morgan fingerprint density at radius 2 is 2.05 bits per heavy atom. The molecule has 0 fully saturated rings. The molecule has 104 valence electrons. The molecule has 19 heavy (non-hydrogen) atoms. The first-order valence-electron chi connectivity index (χ1n) is 6.84. The largest absolute Gasteiger partial charge is 0.489 e. The average Bonchev–Trinajstić information content (AvgIpc) is 2.70. The van der Waals surface area contributed by atoms with Gasteiger partial charge in [-0.2, -0.15) is 0 Å². The molecule has 0 N–H and O–H groups in total. The summed E-state index contributed by atoms with van der Waals surface area (Å²) < 4.78 is 8.03. The number of aromatic nitrogens is 2. The highest BCUT2D eigenvalue weighted by Gasteiger charge is 2.17. The molecule has 0 spiro atoms. The quantitative estimate of drug-likeness (QED) is 0.752. The minimum Gasteiger partial charge on any atom is -0.489 e. The highest BCUT2D eigenvalue weighted by atomic mass is 35.5. The third-order valence-corrected chi connectivity index (χ3v) is 3.13. The van der Waals surface area contributed by atoms with Gasteiger partial charge in [0.25, 0.3) is 0 Å². The van der Waals surface area contributed by atoms with Crippen LogP contribution in [0.5, 0.6) is 5.75 Å². The maximum atomic E-state index is 6.25. The lowest BCUT2D eigenvalue weighted by atomic mass is 10.3. The number of hydrogen-bond donors (Lipinski definition) is 0. The van der Waals surface area contributed by atoms with Crippen LogP contribution in [0.3, 0.4) is 0 Å². The van der Waals surface area contributed by atoms with Crippen LogP contribution in [0.25, 0.3) is 11.0 Å². The van der Waals surface area contributed by atoms with E-state index in [4.69, 9.17) is 16.3 Å². The van der Waals surface area contributed by atoms with Crippen LogP contribution >= 0.6 is 11.6 Å². The van der Waals surface area contributed by atoms with E-state index >= 15 is 0 Å². The standard InChI is InChI=1S/C15H21ClN2O/c1-5-9-18-12-7-6-8-13(19-10(2)3)14(12)17-15(18)11(4)16/h6-8,10-11H,5,9H2,1-4H3. The first kappa shape index (κ1) is 14.2. The second-order valence-corrected chi connectivity index (χ2v) is 5.68. The summed E-state index contributed by atoms with van der Waals surface area (Å²) in [7, 11) is 0. The Kier molecular flexibility index (Phi) is 4.35. The zero-order valence-electron chi connectivity index (χ0n) is 12.0. The second kappa shape index (κ2) is 5.83. The SMILES string of the molecule is CCCn1c(C(C)Cl)nc2c(OC(C)C)cccc21. The Hall–Kier alpha value is -1.22. The van der Waals surface area contributed by atoms with Crippen molar-refractivity contribution in [3.63, 3.8) is 0 Å². The van der Waals surface area contributed by atoms with Crippen LogP contribution in [0.1, 0.15) is 45.3 Å². The van der Waals surface area contributed by atoms with Gasteiger partial charge >= 0.3 is 0 Å². The third kappa shape index (κ3) is 2.86. The number of imidazole rings is 1. The zero-order chi connectivity index (χ0) is 14.0. The van der Waals surface area contributed by atoms with E-state index in [1.807, 2.05) is 32.9 Å². The van der Waals surface area contributed by atoms with Crippen molar-refractivity contribution >= 4 is 22.6 Å². The summed E-state index contributed by atoms with van der Waals surface area (Å²) in [5, 5.41) is -0.106. The number of nitrogens with zero attached hydrogens (tertiary/aromatic N) is 2. The van der Waals surface area contributed by atoms with Gasteiger partial charge < -0.3 is 9.30 Å². The van der Waals surface area contributed by atoms with E-state index in [2.05, 4.69) is 22.5 Å². The summed E-state index contributed by atoms with van der Waals surface area (Å²) >= 11 is 6.25. The summed E-state index contributed by atoms with van der Waals surface area (Å²) in [5.41, 5.74) is 2.01. The van der Waals surface area contributed by atoms with Gasteiger partial charge in [-0.25, -0.2) is 4.98 Å². The highest BCUT2D eigenvalue weighted by Crippen LogP contribution is 2.30. The number of halogens is 1. The third-order valence-electron chi connectivity index (χ3n) is 2.94. The summed E-state index contributed by atoms with van der Waals surface area (Å²) in [6, 6.07) is 6.05. The van der Waals surface area contributed by atoms with Crippen molar-refractivity contribution in [1.82, 2.24) is 9.55 Å². The van der Waals surface area contributed by atoms with Gasteiger partial charge in [0.05, 0.1) is 17.0 Å². The van der Waals surface area contributed by atoms with Gasteiger partial charge in [-0.1, -0.05) is 13.0 Å². The molecule has 0 saturated carbocycles. The van der Waals surface area contributed by atoms with E-state index in [0.29, 0.717) is 0 Å². The number of rotatable bonds is 5. The van der Waals surface area contributed by atoms with Crippen LogP contribution in [0.2, 0.25) is 0 Å². The molecular weight excluding hydrogens is 260 g/mol. The van der Waals surface area contributed by atoms with Gasteiger partial charge in [-0.3, -0.25) is 0 Å². The maximum absolute atomic E-state index is 6.25. The molecule has 1 aromatic carbocycles. The molecule has 0 saturated heterocycles. The number of benzene rings is 1. The number of ether oxygens (including phenoxy) is 1. The molecule has 0 aliphatic rings. The number of alkyl halides is 1. The number of fused-ring (bicyclic) bond motifs is 1. The first-order chi connectivity index (χ1) is 9.04. The van der Waals surface area contributed by atoms with Gasteiger partial charge in [0, 0.05) is 6.54 Å². The number of hydrogen-bond acceptors (Lipinski definition) is 2. The fourth-order valence-electron chi connectivity index (χ4n) is 2.25. The van der Waals surface area contributed by atoms with Crippen LogP contribution in [-0.4, -0.2) is 15.7 Å². The summed E-state index contributed by atoms with van der Waals surface area (Å²) in [6.45, 7) is 9.08. The van der Waals surface area contributed by atoms with Gasteiger partial charge in [0.2, 0.25) is 0 Å². The monoisotopic (exact) mass is 280 g/mol. The van der Waals surface area contributed by atoms with Crippen LogP contribution in [-0.2, 0) is 6.54 Å². The predicted molar refractivity (Wildman–Crippen MR) is 80.1 cm³/mol. The minimum absolute atomic E-state index is 0.106. The van der Waals surface area contributed by atoms with E-state index in [0.717, 1.165) is 35.6 Å². The number of aryl methyl sites for hydroxylation is 1. The molecule has 1 unspecified atom stereocenters. The van der Waals surface area contributed by atoms with Gasteiger partial charge in [-0.05, 0) is 39.3 Å². The smallest absolute Gasteiger partial charge is 0.147 e. The Morgan fingerprint density at radius 3 is 2.63 bits per heavy atom. The Labute approximate surface area is 119 Å². The molecule has 1 aromatic heterocycles. The molecule has 4 heteroatoms. The summed E-state index contributed by atoms with van der Waals surface area (Å²) in [5.74, 6) is 1.75. The van der Waals surface area contributed by atoms with Crippen molar-refractivity contribution in [3.05, 3.63) is 24.0 Å². The van der Waals surface area contributed by atoms with Crippen molar-refractivity contribution < 1.29 is 4.74 Å². The molecule has 2 aromatic rings. The highest BCUT2D eigenvalue weighted by molar-refractivity contribution is 6.20. The van der Waals surface area contributed by atoms with Crippen molar-refractivity contribution in [2.24, 2.45) is 0 Å². The topological polar surface area (TPSA) is 27.1 Å². The van der Waals surface area contributed by atoms with E-state index in [-0.39, 0.29) is 11.5 Å². The molecule has 0 aliphatic heterocycles. The fourth-order valence-corrected chi connectivity index (χ4v) is 2.42. The lowest BCUT2D eigenvalue weighted by Crippen LogP contribution is -2.05. The van der Waals surface area contributed by atoms with Crippen LogP contribution < -0.4 is 4.74 Å². The zero-order valence-corrected chi connectivity index (χ0v) is 12.7. The van der Waals surface area contributed by atoms with Gasteiger partial charge in [-0.15, -0.1) is 11.6 Å². The Bertz CT molecular complexity index is 561. The van der Waals surface area contributed by atoms with Crippen LogP contribution in [0.4, 0.5) is 0 Å². The average molecular weight is 281 g/mol. The molecular formula is C15H21ClN2O. The molecule has 1 atom stereocenters. The van der Waals surface area contributed by atoms with Crippen molar-refractivity contribution in [1.29, 1.82) is 0 Å². The molecule has 0 aliphatic carbocycles. The summed E-state index contributed by atoms with van der Waals surface area (Å²) in [4.78, 5) is 4.69. The van der Waals surface area contributed by atoms with Crippen molar-refractivity contribution in [2.45, 2.75) is 52.1 Å². The lowest BCUT2D eigenvalue weighted by molar-refractivity contribution is 0.245. The summed E-state index contributed by atoms with van der Waals surface area (Å²) in [6.07, 6.45) is 1.19. The minimum atomic E-state index is -0.106. The van der Waals surface area contributed by atoms with E-state index in [1.54, 1.807) is 0 Å². The number of para-hydroxylation sites is 1. The van der Waals surface area contributed by atoms with Crippen molar-refractivity contribution in [3.8, 4) is 5.75 Å². The normalized spacial score (nSPS) is 13.2. The molecule has 0 amide bonds. The Balaban J connectivity index is 2.60. The predicted octanol–water partition coefficient (Wildman–Crippen LogP) is 4.53. The van der Waals surface area contributed by atoms with Crippen LogP contribution in [0.15, 0.2) is 18.2 Å². The molecule has 1 heterocycles. The molecule has 2 rings (SSSR count). The fraction of sp³-hybridized carbons (Fsp3) is 0.533. The molecule has 0 radical (unpaired) electrons. The first-order valence-corrected chi connectivity index (χ1v) is 7.28. The lowest BCUT2D eigenvalue weighted by Gasteiger charge is -2.10.